The van der Waals surface area contributed by atoms with Crippen molar-refractivity contribution in [1.82, 2.24) is 9.46 Å². The molecular formula is C13H15FN2O3S. The number of aryl methyl sites for hydroxylation is 2. The van der Waals surface area contributed by atoms with E-state index >= 15 is 0 Å². The number of halogens is 1. The average molecular weight is 298 g/mol. The minimum atomic E-state index is -3.67. The van der Waals surface area contributed by atoms with Gasteiger partial charge >= 0.3 is 0 Å². The molecule has 0 radical (unpaired) electrons. The normalized spacial score (nSPS) is 12.1. The van der Waals surface area contributed by atoms with E-state index in [9.17, 15) is 12.8 Å². The quantitative estimate of drug-likeness (QED) is 0.868. The van der Waals surface area contributed by atoms with Gasteiger partial charge in [-0.3, -0.25) is 0 Å². The maximum absolute atomic E-state index is 12.9. The van der Waals surface area contributed by atoms with Crippen LogP contribution in [-0.2, 0) is 16.6 Å². The van der Waals surface area contributed by atoms with Crippen LogP contribution in [0.3, 0.4) is 0 Å². The van der Waals surface area contributed by atoms with Crippen molar-refractivity contribution in [1.29, 1.82) is 0 Å². The summed E-state index contributed by atoms with van der Waals surface area (Å²) >= 11 is 0. The van der Waals surface area contributed by atoms with Crippen LogP contribution in [0.5, 0.6) is 0 Å². The lowest BCUT2D eigenvalue weighted by atomic mass is 10.2. The predicted molar refractivity (Wildman–Crippen MR) is 71.0 cm³/mol. The van der Waals surface area contributed by atoms with Crippen molar-refractivity contribution in [3.63, 3.8) is 0 Å². The van der Waals surface area contributed by atoms with E-state index in [0.29, 0.717) is 11.5 Å². The van der Waals surface area contributed by atoms with Gasteiger partial charge in [-0.1, -0.05) is 5.16 Å². The lowest BCUT2D eigenvalue weighted by Gasteiger charge is -2.17. The smallest absolute Gasteiger partial charge is 0.243 e. The maximum Gasteiger partial charge on any atom is 0.243 e. The Morgan fingerprint density at radius 3 is 2.35 bits per heavy atom. The summed E-state index contributed by atoms with van der Waals surface area (Å²) in [6.07, 6.45) is 0. The van der Waals surface area contributed by atoms with Crippen molar-refractivity contribution in [3.05, 3.63) is 47.1 Å². The highest BCUT2D eigenvalue weighted by atomic mass is 32.2. The number of hydrogen-bond donors (Lipinski definition) is 0. The molecule has 0 atom stereocenters. The Kier molecular flexibility index (Phi) is 3.92. The Morgan fingerprint density at radius 2 is 1.85 bits per heavy atom. The molecule has 0 saturated heterocycles. The molecule has 0 aliphatic rings. The van der Waals surface area contributed by atoms with Gasteiger partial charge in [0.1, 0.15) is 11.6 Å². The van der Waals surface area contributed by atoms with E-state index < -0.39 is 15.8 Å². The molecule has 0 aliphatic carbocycles. The van der Waals surface area contributed by atoms with Crippen LogP contribution in [0, 0.1) is 19.7 Å². The summed E-state index contributed by atoms with van der Waals surface area (Å²) in [4.78, 5) is 0.0492. The van der Waals surface area contributed by atoms with E-state index in [1.807, 2.05) is 0 Å². The Labute approximate surface area is 117 Å². The molecule has 0 aliphatic heterocycles. The third kappa shape index (κ3) is 2.73. The van der Waals surface area contributed by atoms with Crippen molar-refractivity contribution >= 4 is 10.0 Å². The number of rotatable bonds is 4. The van der Waals surface area contributed by atoms with Crippen LogP contribution in [0.4, 0.5) is 4.39 Å². The van der Waals surface area contributed by atoms with Gasteiger partial charge < -0.3 is 4.52 Å². The Hall–Kier alpha value is -1.73. The highest BCUT2D eigenvalue weighted by molar-refractivity contribution is 7.89. The monoisotopic (exact) mass is 298 g/mol. The van der Waals surface area contributed by atoms with Gasteiger partial charge in [0.25, 0.3) is 0 Å². The number of hydrogen-bond acceptors (Lipinski definition) is 4. The van der Waals surface area contributed by atoms with Crippen LogP contribution in [-0.4, -0.2) is 24.9 Å². The summed E-state index contributed by atoms with van der Waals surface area (Å²) < 4.78 is 43.7. The molecule has 0 fully saturated rings. The second-order valence-electron chi connectivity index (χ2n) is 4.52. The molecule has 2 aromatic rings. The van der Waals surface area contributed by atoms with Gasteiger partial charge in [0.05, 0.1) is 10.6 Å². The first kappa shape index (κ1) is 14.7. The first-order valence-electron chi connectivity index (χ1n) is 5.96. The summed E-state index contributed by atoms with van der Waals surface area (Å²) in [6.45, 7) is 3.64. The molecule has 2 rings (SSSR count). The molecule has 0 amide bonds. The van der Waals surface area contributed by atoms with Crippen LogP contribution >= 0.6 is 0 Å². The molecular weight excluding hydrogens is 283 g/mol. The van der Waals surface area contributed by atoms with Crippen molar-refractivity contribution < 1.29 is 17.3 Å². The molecule has 0 spiro atoms. The van der Waals surface area contributed by atoms with Gasteiger partial charge in [-0.15, -0.1) is 0 Å². The Balaban J connectivity index is 2.28. The van der Waals surface area contributed by atoms with Crippen LogP contribution in [0.15, 0.2) is 33.7 Å². The average Bonchev–Trinajstić information content (AvgIpc) is 2.71. The van der Waals surface area contributed by atoms with Gasteiger partial charge in [0.15, 0.2) is 0 Å². The van der Waals surface area contributed by atoms with Crippen molar-refractivity contribution in [2.24, 2.45) is 0 Å². The van der Waals surface area contributed by atoms with E-state index in [-0.39, 0.29) is 11.4 Å². The molecule has 0 saturated carbocycles. The van der Waals surface area contributed by atoms with Crippen LogP contribution in [0.1, 0.15) is 17.0 Å². The minimum Gasteiger partial charge on any atom is -0.361 e. The van der Waals surface area contributed by atoms with E-state index in [2.05, 4.69) is 5.16 Å². The van der Waals surface area contributed by atoms with E-state index in [4.69, 9.17) is 4.52 Å². The Bertz CT molecular complexity index is 688. The second kappa shape index (κ2) is 5.34. The highest BCUT2D eigenvalue weighted by Crippen LogP contribution is 2.20. The zero-order chi connectivity index (χ0) is 14.9. The zero-order valence-corrected chi connectivity index (χ0v) is 12.2. The van der Waals surface area contributed by atoms with Crippen LogP contribution < -0.4 is 0 Å². The molecule has 0 bridgehead atoms. The fourth-order valence-electron chi connectivity index (χ4n) is 1.82. The van der Waals surface area contributed by atoms with E-state index in [1.54, 1.807) is 13.8 Å². The fraction of sp³-hybridized carbons (Fsp3) is 0.308. The fourth-order valence-corrected chi connectivity index (χ4v) is 2.96. The van der Waals surface area contributed by atoms with Gasteiger partial charge in [0, 0.05) is 19.2 Å². The van der Waals surface area contributed by atoms with Gasteiger partial charge in [-0.25, -0.2) is 12.8 Å². The van der Waals surface area contributed by atoms with Gasteiger partial charge in [0.2, 0.25) is 10.0 Å². The number of nitrogens with zero attached hydrogens (tertiary/aromatic N) is 2. The largest absolute Gasteiger partial charge is 0.361 e. The second-order valence-corrected chi connectivity index (χ2v) is 6.56. The molecule has 20 heavy (non-hydrogen) atoms. The summed E-state index contributed by atoms with van der Waals surface area (Å²) in [7, 11) is -2.21. The summed E-state index contributed by atoms with van der Waals surface area (Å²) in [5.41, 5.74) is 1.39. The lowest BCUT2D eigenvalue weighted by molar-refractivity contribution is 0.390. The third-order valence-corrected chi connectivity index (χ3v) is 4.90. The minimum absolute atomic E-state index is 0.0492. The van der Waals surface area contributed by atoms with Crippen LogP contribution in [0.25, 0.3) is 0 Å². The topological polar surface area (TPSA) is 63.4 Å². The zero-order valence-electron chi connectivity index (χ0n) is 11.4. The highest BCUT2D eigenvalue weighted by Gasteiger charge is 2.23. The molecule has 1 aromatic carbocycles. The maximum atomic E-state index is 12.9. The standard InChI is InChI=1S/C13H15FN2O3S/c1-9-13(10(2)19-15-9)8-16(3)20(17,18)12-6-4-11(14)5-7-12/h4-7H,8H2,1-3H3. The first-order chi connectivity index (χ1) is 9.32. The molecule has 1 aromatic heterocycles. The number of aromatic nitrogens is 1. The summed E-state index contributed by atoms with van der Waals surface area (Å²) in [6, 6.07) is 4.73. The summed E-state index contributed by atoms with van der Waals surface area (Å²) in [5.74, 6) is 0.112. The lowest BCUT2D eigenvalue weighted by Crippen LogP contribution is -2.26. The van der Waals surface area contributed by atoms with Gasteiger partial charge in [-0.05, 0) is 38.1 Å². The van der Waals surface area contributed by atoms with E-state index in [1.165, 1.54) is 23.5 Å². The number of sulfonamides is 1. The van der Waals surface area contributed by atoms with Crippen LogP contribution in [0.2, 0.25) is 0 Å². The first-order valence-corrected chi connectivity index (χ1v) is 7.40. The molecule has 1 heterocycles. The third-order valence-electron chi connectivity index (χ3n) is 3.08. The SMILES string of the molecule is Cc1noc(C)c1CN(C)S(=O)(=O)c1ccc(F)cc1. The summed E-state index contributed by atoms with van der Waals surface area (Å²) in [5, 5.41) is 3.79. The molecule has 0 unspecified atom stereocenters. The van der Waals surface area contributed by atoms with Gasteiger partial charge in [-0.2, -0.15) is 4.31 Å². The van der Waals surface area contributed by atoms with Crippen molar-refractivity contribution in [2.75, 3.05) is 7.05 Å². The van der Waals surface area contributed by atoms with E-state index in [0.717, 1.165) is 17.7 Å². The number of benzene rings is 1. The Morgan fingerprint density at radius 1 is 1.25 bits per heavy atom. The van der Waals surface area contributed by atoms with Crippen molar-refractivity contribution in [3.8, 4) is 0 Å². The molecule has 108 valence electrons. The molecule has 7 heteroatoms. The molecule has 0 N–H and O–H groups in total. The van der Waals surface area contributed by atoms with Crippen molar-refractivity contribution in [2.45, 2.75) is 25.3 Å². The molecule has 5 nitrogen and oxygen atoms in total. The predicted octanol–water partition coefficient (Wildman–Crippen LogP) is 2.25.